The smallest absolute Gasteiger partial charge is 0.290 e. The normalized spacial score (nSPS) is 19.8. The van der Waals surface area contributed by atoms with Gasteiger partial charge in [0, 0.05) is 63.6 Å². The van der Waals surface area contributed by atoms with Crippen LogP contribution >= 0.6 is 0 Å². The number of carbonyl (C=O) groups is 1. The van der Waals surface area contributed by atoms with Gasteiger partial charge in [-0.15, -0.1) is 0 Å². The first kappa shape index (κ1) is 23.2. The van der Waals surface area contributed by atoms with Crippen LogP contribution in [-0.4, -0.2) is 96.5 Å². The number of fused-ring (bicyclic) bond motifs is 1. The highest BCUT2D eigenvalue weighted by atomic mass is 16.5. The van der Waals surface area contributed by atoms with Crippen LogP contribution < -0.4 is 4.90 Å². The van der Waals surface area contributed by atoms with E-state index in [2.05, 4.69) is 75.8 Å². The van der Waals surface area contributed by atoms with Gasteiger partial charge < -0.3 is 19.3 Å². The molecule has 2 saturated heterocycles. The molecule has 1 N–H and O–H groups in total. The predicted molar refractivity (Wildman–Crippen MR) is 131 cm³/mol. The van der Waals surface area contributed by atoms with Gasteiger partial charge in [-0.2, -0.15) is 0 Å². The molecule has 5 rings (SSSR count). The number of hydrogen-bond donors (Lipinski definition) is 1. The Labute approximate surface area is 195 Å². The number of likely N-dealkylation sites (N-methyl/N-ethyl adjacent to an activating group) is 1. The number of anilines is 1. The van der Waals surface area contributed by atoms with Crippen LogP contribution in [0.4, 0.5) is 5.69 Å². The van der Waals surface area contributed by atoms with E-state index in [0.29, 0.717) is 6.04 Å². The average molecular weight is 452 g/mol. The lowest BCUT2D eigenvalue weighted by atomic mass is 10.1. The van der Waals surface area contributed by atoms with E-state index in [1.165, 1.54) is 16.8 Å². The minimum Gasteiger partial charge on any atom is -0.483 e. The van der Waals surface area contributed by atoms with Gasteiger partial charge in [-0.1, -0.05) is 24.3 Å². The number of benzene rings is 2. The number of aryl methyl sites for hydroxylation is 1. The van der Waals surface area contributed by atoms with Crippen molar-refractivity contribution in [2.24, 2.45) is 7.05 Å². The van der Waals surface area contributed by atoms with Crippen LogP contribution in [0, 0.1) is 0 Å². The van der Waals surface area contributed by atoms with E-state index in [1.54, 1.807) is 0 Å². The van der Waals surface area contributed by atoms with E-state index in [0.717, 1.165) is 63.8 Å². The molecule has 176 valence electrons. The number of carboxylic acid groups (broad SMARTS) is 1. The molecule has 2 aliphatic rings. The fraction of sp³-hybridized carbons (Fsp3) is 0.440. The van der Waals surface area contributed by atoms with Crippen LogP contribution in [0.2, 0.25) is 0 Å². The Morgan fingerprint density at radius 2 is 1.82 bits per heavy atom. The Balaban J connectivity index is 0.000000821. The summed E-state index contributed by atoms with van der Waals surface area (Å²) >= 11 is 0. The maximum Gasteiger partial charge on any atom is 0.290 e. The van der Waals surface area contributed by atoms with Crippen molar-refractivity contribution in [1.29, 1.82) is 0 Å². The molecule has 0 saturated carbocycles. The molecular formula is C25H33N5O3. The first-order valence-electron chi connectivity index (χ1n) is 11.5. The Bertz CT molecular complexity index is 1060. The lowest BCUT2D eigenvalue weighted by molar-refractivity contribution is -0.122. The quantitative estimate of drug-likeness (QED) is 0.611. The number of nitrogens with zero attached hydrogens (tertiary/aromatic N) is 5. The fourth-order valence-corrected chi connectivity index (χ4v) is 4.66. The summed E-state index contributed by atoms with van der Waals surface area (Å²) in [6.45, 7) is 7.93. The van der Waals surface area contributed by atoms with Crippen LogP contribution in [0.15, 0.2) is 48.5 Å². The summed E-state index contributed by atoms with van der Waals surface area (Å²) in [5.41, 5.74) is 4.68. The van der Waals surface area contributed by atoms with E-state index in [4.69, 9.17) is 19.6 Å². The number of aromatic nitrogens is 2. The number of hydrogen-bond acceptors (Lipinski definition) is 6. The van der Waals surface area contributed by atoms with Crippen molar-refractivity contribution in [3.05, 3.63) is 48.5 Å². The zero-order valence-corrected chi connectivity index (χ0v) is 19.4. The Kier molecular flexibility index (Phi) is 7.59. The van der Waals surface area contributed by atoms with Crippen molar-refractivity contribution in [3.63, 3.8) is 0 Å². The van der Waals surface area contributed by atoms with E-state index in [1.807, 2.05) is 6.07 Å². The van der Waals surface area contributed by atoms with Gasteiger partial charge in [-0.25, -0.2) is 4.98 Å². The molecule has 3 aromatic rings. The van der Waals surface area contributed by atoms with Crippen LogP contribution in [0.1, 0.15) is 0 Å². The molecule has 1 unspecified atom stereocenters. The summed E-state index contributed by atoms with van der Waals surface area (Å²) in [5.74, 6) is 1.03. The molecule has 0 aliphatic carbocycles. The summed E-state index contributed by atoms with van der Waals surface area (Å²) < 4.78 is 7.87. The molecule has 8 nitrogen and oxygen atoms in total. The molecule has 1 aromatic heterocycles. The topological polar surface area (TPSA) is 74.1 Å². The summed E-state index contributed by atoms with van der Waals surface area (Å²) in [7, 11) is 4.32. The zero-order valence-electron chi connectivity index (χ0n) is 19.4. The maximum atomic E-state index is 8.36. The Hall–Kier alpha value is -2.94. The van der Waals surface area contributed by atoms with Crippen molar-refractivity contribution >= 4 is 23.2 Å². The summed E-state index contributed by atoms with van der Waals surface area (Å²) in [4.78, 5) is 20.8. The van der Waals surface area contributed by atoms with Gasteiger partial charge in [0.2, 0.25) is 0 Å². The fourth-order valence-electron chi connectivity index (χ4n) is 4.66. The number of rotatable bonds is 4. The highest BCUT2D eigenvalue weighted by Crippen LogP contribution is 2.27. The zero-order chi connectivity index (χ0) is 23.2. The van der Waals surface area contributed by atoms with Gasteiger partial charge in [0.25, 0.3) is 6.47 Å². The maximum absolute atomic E-state index is 8.36. The van der Waals surface area contributed by atoms with E-state index >= 15 is 0 Å². The number of ether oxygens (including phenoxy) is 1. The third-order valence-electron chi connectivity index (χ3n) is 6.62. The monoisotopic (exact) mass is 451 g/mol. The first-order chi connectivity index (χ1) is 16.1. The van der Waals surface area contributed by atoms with E-state index < -0.39 is 0 Å². The lowest BCUT2D eigenvalue weighted by Gasteiger charge is -2.40. The number of para-hydroxylation sites is 2. The van der Waals surface area contributed by atoms with Gasteiger partial charge in [-0.3, -0.25) is 14.6 Å². The van der Waals surface area contributed by atoms with Gasteiger partial charge >= 0.3 is 0 Å². The molecule has 0 amide bonds. The SMILES string of the molecule is CN1CCOCC1CN1CCN(c2cccc(-c3nc4ccccc4n3C)c2)CC1.O=CO. The second kappa shape index (κ2) is 10.8. The molecule has 3 heterocycles. The van der Waals surface area contributed by atoms with Crippen molar-refractivity contribution in [2.75, 3.05) is 64.4 Å². The first-order valence-corrected chi connectivity index (χ1v) is 11.5. The minimum atomic E-state index is -0.250. The van der Waals surface area contributed by atoms with E-state index in [-0.39, 0.29) is 6.47 Å². The average Bonchev–Trinajstić information content (AvgIpc) is 3.18. The van der Waals surface area contributed by atoms with Gasteiger partial charge in [0.1, 0.15) is 5.82 Å². The molecule has 0 radical (unpaired) electrons. The molecule has 8 heteroatoms. The second-order valence-corrected chi connectivity index (χ2v) is 8.64. The molecule has 0 bridgehead atoms. The molecular weight excluding hydrogens is 418 g/mol. The van der Waals surface area contributed by atoms with Crippen molar-refractivity contribution < 1.29 is 14.6 Å². The third kappa shape index (κ3) is 5.35. The predicted octanol–water partition coefficient (Wildman–Crippen LogP) is 2.39. The van der Waals surface area contributed by atoms with Gasteiger partial charge in [0.05, 0.1) is 24.2 Å². The molecule has 2 fully saturated rings. The van der Waals surface area contributed by atoms with E-state index in [9.17, 15) is 0 Å². The Morgan fingerprint density at radius 1 is 1.06 bits per heavy atom. The van der Waals surface area contributed by atoms with Gasteiger partial charge in [0.15, 0.2) is 0 Å². The number of morpholine rings is 1. The largest absolute Gasteiger partial charge is 0.483 e. The van der Waals surface area contributed by atoms with Crippen LogP contribution in [0.3, 0.4) is 0 Å². The molecule has 33 heavy (non-hydrogen) atoms. The second-order valence-electron chi connectivity index (χ2n) is 8.64. The highest BCUT2D eigenvalue weighted by Gasteiger charge is 2.25. The van der Waals surface area contributed by atoms with Crippen LogP contribution in [0.25, 0.3) is 22.4 Å². The molecule has 0 spiro atoms. The summed E-state index contributed by atoms with van der Waals surface area (Å²) in [6, 6.07) is 17.7. The van der Waals surface area contributed by atoms with Crippen molar-refractivity contribution in [2.45, 2.75) is 6.04 Å². The summed E-state index contributed by atoms with van der Waals surface area (Å²) in [6.07, 6.45) is 0. The highest BCUT2D eigenvalue weighted by molar-refractivity contribution is 5.81. The number of piperazine rings is 1. The lowest BCUT2D eigenvalue weighted by Crippen LogP contribution is -2.54. The van der Waals surface area contributed by atoms with Crippen LogP contribution in [0.5, 0.6) is 0 Å². The number of imidazole rings is 1. The van der Waals surface area contributed by atoms with Crippen molar-refractivity contribution in [1.82, 2.24) is 19.4 Å². The van der Waals surface area contributed by atoms with Crippen molar-refractivity contribution in [3.8, 4) is 11.4 Å². The third-order valence-corrected chi connectivity index (χ3v) is 6.62. The summed E-state index contributed by atoms with van der Waals surface area (Å²) in [5, 5.41) is 6.89. The minimum absolute atomic E-state index is 0.250. The molecule has 2 aliphatic heterocycles. The molecule has 1 atom stereocenters. The standard InChI is InChI=1S/C24H31N5O.CH2O2/c1-26-14-15-30-18-21(26)17-28-10-12-29(13-11-28)20-7-5-6-19(16-20)24-25-22-8-3-4-9-23(22)27(24)2;2-1-3/h3-9,16,21H,10-15,17-18H2,1-2H3;1H,(H,2,3). The van der Waals surface area contributed by atoms with Crippen LogP contribution in [-0.2, 0) is 16.6 Å². The molecule has 2 aromatic carbocycles. The Morgan fingerprint density at radius 3 is 2.55 bits per heavy atom. The van der Waals surface area contributed by atoms with Gasteiger partial charge in [-0.05, 0) is 31.3 Å².